The van der Waals surface area contributed by atoms with Crippen molar-refractivity contribution in [3.8, 4) is 5.75 Å². The molecular weight excluding hydrogens is 334 g/mol. The molecule has 0 unspecified atom stereocenters. The Bertz CT molecular complexity index is 819. The summed E-state index contributed by atoms with van der Waals surface area (Å²) in [5.41, 5.74) is 0.555. The monoisotopic (exact) mass is 343 g/mol. The summed E-state index contributed by atoms with van der Waals surface area (Å²) in [6.45, 7) is 0. The fourth-order valence-electron chi connectivity index (χ4n) is 1.95. The number of halogens is 1. The summed E-state index contributed by atoms with van der Waals surface area (Å²) in [5, 5.41) is 13.6. The lowest BCUT2D eigenvalue weighted by molar-refractivity contribution is 0.102. The van der Waals surface area contributed by atoms with E-state index in [0.717, 1.165) is 9.86 Å². The van der Waals surface area contributed by atoms with Crippen LogP contribution >= 0.6 is 15.9 Å². The zero-order chi connectivity index (χ0) is 14.8. The molecule has 0 radical (unpaired) electrons. The van der Waals surface area contributed by atoms with Crippen LogP contribution in [0.2, 0.25) is 0 Å². The van der Waals surface area contributed by atoms with E-state index in [-0.39, 0.29) is 11.3 Å². The number of rotatable bonds is 2. The number of nitrogens with zero attached hydrogens (tertiary/aromatic N) is 2. The van der Waals surface area contributed by atoms with Gasteiger partial charge in [-0.15, -0.1) is 0 Å². The van der Waals surface area contributed by atoms with Crippen LogP contribution in [0.4, 0.5) is 5.82 Å². The van der Waals surface area contributed by atoms with Crippen molar-refractivity contribution in [1.29, 1.82) is 0 Å². The lowest BCUT2D eigenvalue weighted by atomic mass is 10.1. The summed E-state index contributed by atoms with van der Waals surface area (Å²) in [5.74, 6) is -0.165. The number of hydrogen-bond donors (Lipinski definition) is 2. The number of aromatic nitrogens is 2. The second-order valence-corrected chi connectivity index (χ2v) is 5.27. The average molecular weight is 344 g/mol. The number of nitrogens with one attached hydrogen (secondary N) is 1. The fraction of sp³-hybridized carbons (Fsp3) is 0. The largest absolute Gasteiger partial charge is 0.505 e. The number of phenolic OH excluding ortho intramolecular Hbond substituents is 1. The standard InChI is InChI=1S/C15H10BrN3O2/c16-10-4-6-12(18-8-10)19-15(21)11-5-3-9-2-1-7-17-13(9)14(11)20/h1-8,20H,(H,18,19,21). The van der Waals surface area contributed by atoms with Gasteiger partial charge in [0.1, 0.15) is 11.3 Å². The predicted octanol–water partition coefficient (Wildman–Crippen LogP) is 3.35. The fourth-order valence-corrected chi connectivity index (χ4v) is 2.18. The molecule has 1 amide bonds. The molecule has 3 aromatic rings. The van der Waals surface area contributed by atoms with E-state index < -0.39 is 5.91 Å². The van der Waals surface area contributed by atoms with Gasteiger partial charge in [-0.3, -0.25) is 9.78 Å². The molecule has 3 rings (SSSR count). The summed E-state index contributed by atoms with van der Waals surface area (Å²) < 4.78 is 0.818. The van der Waals surface area contributed by atoms with Crippen molar-refractivity contribution in [2.45, 2.75) is 0 Å². The quantitative estimate of drug-likeness (QED) is 0.748. The predicted molar refractivity (Wildman–Crippen MR) is 83.3 cm³/mol. The Hall–Kier alpha value is -2.47. The summed E-state index contributed by atoms with van der Waals surface area (Å²) in [7, 11) is 0. The molecule has 6 heteroatoms. The van der Waals surface area contributed by atoms with Crippen LogP contribution in [0.5, 0.6) is 5.75 Å². The lowest BCUT2D eigenvalue weighted by Crippen LogP contribution is -2.13. The Labute approximate surface area is 128 Å². The molecule has 0 bridgehead atoms. The van der Waals surface area contributed by atoms with Crippen LogP contribution in [-0.4, -0.2) is 21.0 Å². The van der Waals surface area contributed by atoms with E-state index in [2.05, 4.69) is 31.2 Å². The molecule has 5 nitrogen and oxygen atoms in total. The molecule has 104 valence electrons. The summed E-state index contributed by atoms with van der Waals surface area (Å²) >= 11 is 3.27. The Morgan fingerprint density at radius 2 is 2.00 bits per heavy atom. The number of pyridine rings is 2. The third-order valence-corrected chi connectivity index (χ3v) is 3.43. The highest BCUT2D eigenvalue weighted by molar-refractivity contribution is 9.10. The Balaban J connectivity index is 1.94. The molecule has 2 N–H and O–H groups in total. The van der Waals surface area contributed by atoms with Crippen LogP contribution in [0.25, 0.3) is 10.9 Å². The molecular formula is C15H10BrN3O2. The van der Waals surface area contributed by atoms with Crippen molar-refractivity contribution in [3.63, 3.8) is 0 Å². The van der Waals surface area contributed by atoms with Gasteiger partial charge in [0.15, 0.2) is 5.75 Å². The van der Waals surface area contributed by atoms with Crippen LogP contribution in [0.15, 0.2) is 53.3 Å². The molecule has 0 aliphatic heterocycles. The van der Waals surface area contributed by atoms with E-state index in [1.54, 1.807) is 42.7 Å². The summed E-state index contributed by atoms with van der Waals surface area (Å²) in [6.07, 6.45) is 3.15. The molecule has 2 heterocycles. The molecule has 21 heavy (non-hydrogen) atoms. The number of aromatic hydroxyl groups is 1. The van der Waals surface area contributed by atoms with Crippen LogP contribution in [0.1, 0.15) is 10.4 Å². The number of carbonyl (C=O) groups is 1. The molecule has 0 fully saturated rings. The van der Waals surface area contributed by atoms with Gasteiger partial charge >= 0.3 is 0 Å². The minimum Gasteiger partial charge on any atom is -0.505 e. The van der Waals surface area contributed by atoms with Crippen molar-refractivity contribution >= 4 is 38.6 Å². The highest BCUT2D eigenvalue weighted by atomic mass is 79.9. The molecule has 0 atom stereocenters. The molecule has 0 aliphatic carbocycles. The second kappa shape index (κ2) is 5.49. The van der Waals surface area contributed by atoms with Crippen LogP contribution in [-0.2, 0) is 0 Å². The number of amides is 1. The summed E-state index contributed by atoms with van der Waals surface area (Å²) in [4.78, 5) is 20.4. The van der Waals surface area contributed by atoms with E-state index in [9.17, 15) is 9.90 Å². The molecule has 0 aliphatic rings. The third-order valence-electron chi connectivity index (χ3n) is 2.96. The first kappa shape index (κ1) is 13.5. The maximum absolute atomic E-state index is 12.2. The Kier molecular flexibility index (Phi) is 3.53. The van der Waals surface area contributed by atoms with Gasteiger partial charge in [0, 0.05) is 22.3 Å². The Morgan fingerprint density at radius 1 is 1.14 bits per heavy atom. The minimum atomic E-state index is -0.435. The van der Waals surface area contributed by atoms with Crippen LogP contribution in [0, 0.1) is 0 Å². The number of carbonyl (C=O) groups excluding carboxylic acids is 1. The summed E-state index contributed by atoms with van der Waals surface area (Å²) in [6, 6.07) is 10.3. The molecule has 0 saturated carbocycles. The Morgan fingerprint density at radius 3 is 2.76 bits per heavy atom. The number of anilines is 1. The maximum Gasteiger partial charge on any atom is 0.260 e. The zero-order valence-electron chi connectivity index (χ0n) is 10.7. The molecule has 2 aromatic heterocycles. The van der Waals surface area contributed by atoms with Crippen molar-refractivity contribution in [2.75, 3.05) is 5.32 Å². The van der Waals surface area contributed by atoms with E-state index >= 15 is 0 Å². The van der Waals surface area contributed by atoms with Crippen molar-refractivity contribution in [2.24, 2.45) is 0 Å². The highest BCUT2D eigenvalue weighted by Gasteiger charge is 2.15. The number of hydrogen-bond acceptors (Lipinski definition) is 4. The van der Waals surface area contributed by atoms with E-state index in [1.807, 2.05) is 6.07 Å². The second-order valence-electron chi connectivity index (χ2n) is 4.35. The smallest absolute Gasteiger partial charge is 0.260 e. The average Bonchev–Trinajstić information content (AvgIpc) is 2.50. The van der Waals surface area contributed by atoms with Gasteiger partial charge in [0.05, 0.1) is 5.56 Å². The van der Waals surface area contributed by atoms with Gasteiger partial charge in [-0.1, -0.05) is 12.1 Å². The van der Waals surface area contributed by atoms with E-state index in [4.69, 9.17) is 0 Å². The lowest BCUT2D eigenvalue weighted by Gasteiger charge is -2.08. The van der Waals surface area contributed by atoms with Crippen molar-refractivity contribution in [1.82, 2.24) is 9.97 Å². The number of phenols is 1. The van der Waals surface area contributed by atoms with Gasteiger partial charge in [-0.25, -0.2) is 4.98 Å². The van der Waals surface area contributed by atoms with E-state index in [0.29, 0.717) is 11.3 Å². The molecule has 0 saturated heterocycles. The van der Waals surface area contributed by atoms with Crippen molar-refractivity contribution in [3.05, 3.63) is 58.8 Å². The van der Waals surface area contributed by atoms with Gasteiger partial charge < -0.3 is 10.4 Å². The topological polar surface area (TPSA) is 75.1 Å². The van der Waals surface area contributed by atoms with Crippen LogP contribution < -0.4 is 5.32 Å². The molecule has 0 spiro atoms. The zero-order valence-corrected chi connectivity index (χ0v) is 12.3. The first-order chi connectivity index (χ1) is 10.1. The van der Waals surface area contributed by atoms with Crippen molar-refractivity contribution < 1.29 is 9.90 Å². The SMILES string of the molecule is O=C(Nc1ccc(Br)cn1)c1ccc2cccnc2c1O. The van der Waals surface area contributed by atoms with Gasteiger partial charge in [0.25, 0.3) is 5.91 Å². The van der Waals surface area contributed by atoms with Gasteiger partial charge in [-0.2, -0.15) is 0 Å². The first-order valence-corrected chi connectivity index (χ1v) is 6.94. The maximum atomic E-state index is 12.2. The van der Waals surface area contributed by atoms with Crippen LogP contribution in [0.3, 0.4) is 0 Å². The third kappa shape index (κ3) is 2.71. The minimum absolute atomic E-state index is 0.136. The molecule has 1 aromatic carbocycles. The van der Waals surface area contributed by atoms with Gasteiger partial charge in [0.2, 0.25) is 0 Å². The number of fused-ring (bicyclic) bond motifs is 1. The normalized spacial score (nSPS) is 10.5. The highest BCUT2D eigenvalue weighted by Crippen LogP contribution is 2.27. The van der Waals surface area contributed by atoms with Gasteiger partial charge in [-0.05, 0) is 40.2 Å². The first-order valence-electron chi connectivity index (χ1n) is 6.15. The van der Waals surface area contributed by atoms with E-state index in [1.165, 1.54) is 0 Å². The number of benzene rings is 1.